The number of morpholine rings is 1. The maximum absolute atomic E-state index is 17.4. The van der Waals surface area contributed by atoms with Crippen LogP contribution in [0.2, 0.25) is 0 Å². The number of aryl methyl sites for hydroxylation is 1. The van der Waals surface area contributed by atoms with Gasteiger partial charge in [0.2, 0.25) is 6.79 Å². The van der Waals surface area contributed by atoms with Crippen molar-refractivity contribution in [3.05, 3.63) is 47.7 Å². The van der Waals surface area contributed by atoms with Crippen molar-refractivity contribution in [2.24, 2.45) is 5.92 Å². The summed E-state index contributed by atoms with van der Waals surface area (Å²) in [5.41, 5.74) is -0.468. The highest BCUT2D eigenvalue weighted by Gasteiger charge is 2.49. The van der Waals surface area contributed by atoms with E-state index >= 15 is 13.2 Å². The molecule has 1 amide bonds. The van der Waals surface area contributed by atoms with Crippen LogP contribution in [0.5, 0.6) is 11.8 Å². The molecule has 0 radical (unpaired) electrons. The zero-order valence-electron chi connectivity index (χ0n) is 32.3. The van der Waals surface area contributed by atoms with Crippen LogP contribution in [-0.4, -0.2) is 128 Å². The fourth-order valence-electron chi connectivity index (χ4n) is 8.98. The maximum atomic E-state index is 17.4. The van der Waals surface area contributed by atoms with E-state index in [1.165, 1.54) is 29.3 Å². The highest BCUT2D eigenvalue weighted by molar-refractivity contribution is 6.02. The third-order valence-electron chi connectivity index (χ3n) is 11.6. The van der Waals surface area contributed by atoms with Gasteiger partial charge in [0.05, 0.1) is 37.3 Å². The van der Waals surface area contributed by atoms with Gasteiger partial charge >= 0.3 is 12.1 Å². The number of alkyl halides is 2. The number of anilines is 1. The normalized spacial score (nSPS) is 23.6. The third kappa shape index (κ3) is 8.15. The Morgan fingerprint density at radius 3 is 2.71 bits per heavy atom. The van der Waals surface area contributed by atoms with E-state index in [0.29, 0.717) is 69.5 Å². The first-order valence-electron chi connectivity index (χ1n) is 19.8. The summed E-state index contributed by atoms with van der Waals surface area (Å²) < 4.78 is 90.5. The zero-order chi connectivity index (χ0) is 40.4. The van der Waals surface area contributed by atoms with E-state index in [1.807, 2.05) is 6.92 Å². The van der Waals surface area contributed by atoms with E-state index in [1.54, 1.807) is 11.0 Å². The second-order valence-corrected chi connectivity index (χ2v) is 15.7. The second kappa shape index (κ2) is 17.1. The number of piperidine rings is 1. The van der Waals surface area contributed by atoms with Crippen molar-refractivity contribution >= 4 is 40.1 Å². The molecule has 17 heteroatoms. The van der Waals surface area contributed by atoms with Crippen LogP contribution in [0.1, 0.15) is 44.6 Å². The van der Waals surface area contributed by atoms with Gasteiger partial charge in [0.1, 0.15) is 47.5 Å². The molecule has 58 heavy (non-hydrogen) atoms. The standard InChI is InChI=1S/C41H46F4N6O7/c1-25-14-27(42)20-50(19-25)38-32-18-46-36(35(45)37(32)47-39(48-38)56-22-41-7-3-8-51(41)21-28(43)17-41)31-16-29(57-24-58-40(53)49-9-12-54-13-10-49)15-26-5-6-33(44)30(34(26)31)4-2-11-55-23-52/h5-6,15-16,18,23,25,27-28H,2-4,7-14,17,19-22,24H2,1H3/t25?,27-,28-,41+/m1/s1. The lowest BCUT2D eigenvalue weighted by Crippen LogP contribution is -2.43. The number of rotatable bonds is 13. The number of benzene rings is 2. The fraction of sp³-hybridized carbons (Fsp3) is 0.537. The van der Waals surface area contributed by atoms with Gasteiger partial charge in [0.15, 0.2) is 5.82 Å². The zero-order valence-corrected chi connectivity index (χ0v) is 32.3. The van der Waals surface area contributed by atoms with Crippen LogP contribution >= 0.6 is 0 Å². The summed E-state index contributed by atoms with van der Waals surface area (Å²) in [6.45, 7) is 4.99. The number of hydrogen-bond acceptors (Lipinski definition) is 12. The largest absolute Gasteiger partial charge is 0.468 e. The molecule has 4 saturated heterocycles. The van der Waals surface area contributed by atoms with E-state index in [9.17, 15) is 14.0 Å². The van der Waals surface area contributed by atoms with E-state index in [2.05, 4.69) is 14.9 Å². The Morgan fingerprint density at radius 2 is 1.90 bits per heavy atom. The minimum absolute atomic E-state index is 0.0198. The molecular weight excluding hydrogens is 764 g/mol. The number of amides is 1. The van der Waals surface area contributed by atoms with Crippen molar-refractivity contribution in [3.8, 4) is 23.0 Å². The Morgan fingerprint density at radius 1 is 1.05 bits per heavy atom. The summed E-state index contributed by atoms with van der Waals surface area (Å²) in [6, 6.07) is 5.79. The molecule has 6 heterocycles. The van der Waals surface area contributed by atoms with Gasteiger partial charge in [-0.2, -0.15) is 9.97 Å². The van der Waals surface area contributed by atoms with Gasteiger partial charge in [-0.05, 0) is 79.1 Å². The Balaban J connectivity index is 1.21. The van der Waals surface area contributed by atoms with Crippen LogP contribution in [0.15, 0.2) is 30.5 Å². The second-order valence-electron chi connectivity index (χ2n) is 15.7. The van der Waals surface area contributed by atoms with Gasteiger partial charge in [-0.3, -0.25) is 14.7 Å². The lowest BCUT2D eigenvalue weighted by molar-refractivity contribution is -0.128. The molecule has 0 bridgehead atoms. The number of hydrogen-bond donors (Lipinski definition) is 0. The molecule has 2 aromatic heterocycles. The van der Waals surface area contributed by atoms with Crippen LogP contribution in [-0.2, 0) is 25.4 Å². The van der Waals surface area contributed by atoms with Crippen molar-refractivity contribution < 1.29 is 50.8 Å². The lowest BCUT2D eigenvalue weighted by atomic mass is 9.93. The number of aromatic nitrogens is 3. The first-order chi connectivity index (χ1) is 28.1. The topological polar surface area (TPSA) is 129 Å². The summed E-state index contributed by atoms with van der Waals surface area (Å²) in [7, 11) is 0. The molecule has 2 aromatic carbocycles. The Labute approximate surface area is 332 Å². The van der Waals surface area contributed by atoms with Gasteiger partial charge < -0.3 is 33.5 Å². The Hall–Kier alpha value is -5.03. The molecule has 8 rings (SSSR count). The highest BCUT2D eigenvalue weighted by atomic mass is 19.1. The summed E-state index contributed by atoms with van der Waals surface area (Å²) in [4.78, 5) is 42.7. The number of ether oxygens (including phenoxy) is 5. The number of nitrogens with zero attached hydrogens (tertiary/aromatic N) is 6. The summed E-state index contributed by atoms with van der Waals surface area (Å²) in [6.07, 6.45) is 1.43. The monoisotopic (exact) mass is 810 g/mol. The van der Waals surface area contributed by atoms with Gasteiger partial charge in [0.25, 0.3) is 6.47 Å². The van der Waals surface area contributed by atoms with Crippen LogP contribution in [0.4, 0.5) is 28.2 Å². The molecule has 0 saturated carbocycles. The van der Waals surface area contributed by atoms with Crippen LogP contribution in [0, 0.1) is 17.6 Å². The molecular formula is C41H46F4N6O7. The van der Waals surface area contributed by atoms with Crippen molar-refractivity contribution in [1.82, 2.24) is 24.8 Å². The van der Waals surface area contributed by atoms with E-state index in [-0.39, 0.29) is 83.8 Å². The fourth-order valence-corrected chi connectivity index (χ4v) is 8.98. The van der Waals surface area contributed by atoms with Crippen molar-refractivity contribution in [3.63, 3.8) is 0 Å². The van der Waals surface area contributed by atoms with Gasteiger partial charge in [-0.25, -0.2) is 22.4 Å². The number of carbonyl (C=O) groups is 2. The van der Waals surface area contributed by atoms with Crippen molar-refractivity contribution in [1.29, 1.82) is 0 Å². The Kier molecular flexibility index (Phi) is 11.7. The number of halogens is 4. The summed E-state index contributed by atoms with van der Waals surface area (Å²) >= 11 is 0. The summed E-state index contributed by atoms with van der Waals surface area (Å²) in [5.74, 6) is -0.999. The minimum atomic E-state index is -1.14. The molecule has 310 valence electrons. The van der Waals surface area contributed by atoms with Crippen molar-refractivity contribution in [2.45, 2.75) is 63.3 Å². The smallest absolute Gasteiger partial charge is 0.412 e. The Bertz CT molecular complexity index is 2150. The van der Waals surface area contributed by atoms with Gasteiger partial charge in [-0.1, -0.05) is 13.0 Å². The van der Waals surface area contributed by atoms with E-state index < -0.39 is 42.4 Å². The molecule has 4 fully saturated rings. The SMILES string of the molecule is CC1C[C@@H](F)CN(c2nc(OC[C@@]34CCCN3C[C@H](F)C4)nc3c(F)c(-c4cc(OCOC(=O)N5CCOCC5)cc5ccc(F)c(CCCOC=O)c45)ncc23)C1. The first-order valence-corrected chi connectivity index (χ1v) is 19.8. The summed E-state index contributed by atoms with van der Waals surface area (Å²) in [5, 5.41) is 1.05. The highest BCUT2D eigenvalue weighted by Crippen LogP contribution is 2.42. The van der Waals surface area contributed by atoms with Crippen LogP contribution < -0.4 is 14.4 Å². The quantitative estimate of drug-likeness (QED) is 0.0663. The predicted molar refractivity (Wildman–Crippen MR) is 204 cm³/mol. The van der Waals surface area contributed by atoms with E-state index in [0.717, 1.165) is 19.4 Å². The molecule has 4 aromatic rings. The molecule has 4 aliphatic heterocycles. The third-order valence-corrected chi connectivity index (χ3v) is 11.6. The molecule has 0 N–H and O–H groups in total. The van der Waals surface area contributed by atoms with Crippen LogP contribution in [0.3, 0.4) is 0 Å². The number of carbonyl (C=O) groups excluding carboxylic acids is 2. The number of pyridine rings is 1. The average molecular weight is 811 g/mol. The molecule has 0 aliphatic carbocycles. The number of fused-ring (bicyclic) bond motifs is 3. The van der Waals surface area contributed by atoms with Gasteiger partial charge in [-0.15, -0.1) is 0 Å². The lowest BCUT2D eigenvalue weighted by Gasteiger charge is -2.35. The minimum Gasteiger partial charge on any atom is -0.468 e. The predicted octanol–water partition coefficient (Wildman–Crippen LogP) is 6.17. The molecule has 1 unspecified atom stereocenters. The first kappa shape index (κ1) is 39.8. The van der Waals surface area contributed by atoms with Gasteiger partial charge in [0, 0.05) is 44.4 Å². The molecule has 4 aliphatic rings. The van der Waals surface area contributed by atoms with E-state index in [4.69, 9.17) is 28.7 Å². The molecule has 4 atom stereocenters. The van der Waals surface area contributed by atoms with Crippen LogP contribution in [0.25, 0.3) is 32.9 Å². The molecule has 13 nitrogen and oxygen atoms in total. The molecule has 0 spiro atoms. The maximum Gasteiger partial charge on any atom is 0.412 e. The van der Waals surface area contributed by atoms with Crippen molar-refractivity contribution in [2.75, 3.05) is 77.4 Å². The average Bonchev–Trinajstić information content (AvgIpc) is 3.74.